The van der Waals surface area contributed by atoms with Gasteiger partial charge < -0.3 is 41.9 Å². The average molecular weight is 614 g/mol. The van der Waals surface area contributed by atoms with E-state index in [0.717, 1.165) is 17.9 Å². The number of allylic oxidation sites excluding steroid dienone is 2. The molecule has 0 atom stereocenters. The van der Waals surface area contributed by atoms with Gasteiger partial charge in [-0.2, -0.15) is 0 Å². The number of rotatable bonds is 5. The predicted molar refractivity (Wildman–Crippen MR) is 197 cm³/mol. The highest BCUT2D eigenvalue weighted by atomic mass is 28.3. The quantitative estimate of drug-likeness (QED) is 0.491. The van der Waals surface area contributed by atoms with Crippen LogP contribution in [0.25, 0.3) is 0 Å². The Morgan fingerprint density at radius 3 is 1.74 bits per heavy atom. The average Bonchev–Trinajstić information content (AvgIpc) is 2.80. The lowest BCUT2D eigenvalue weighted by molar-refractivity contribution is 0.343. The van der Waals surface area contributed by atoms with E-state index in [1.165, 1.54) is 19.3 Å². The largest absolute Gasteiger partial charge is 0.559 e. The summed E-state index contributed by atoms with van der Waals surface area (Å²) in [6.07, 6.45) is 9.83. The second kappa shape index (κ2) is 24.3. The van der Waals surface area contributed by atoms with Crippen molar-refractivity contribution < 1.29 is 20.3 Å². The molecular weight excluding hydrogens is 556 g/mol. The summed E-state index contributed by atoms with van der Waals surface area (Å²) in [4.78, 5) is 2.33. The molecular formula is C28H58B4N4O4Si2. The van der Waals surface area contributed by atoms with E-state index in [0.29, 0.717) is 6.92 Å². The Morgan fingerprint density at radius 1 is 0.810 bits per heavy atom. The summed E-state index contributed by atoms with van der Waals surface area (Å²) >= 11 is 0. The normalized spacial score (nSPS) is 13.5. The Kier molecular flexibility index (Phi) is 30.3. The molecule has 1 fully saturated rings. The highest BCUT2D eigenvalue weighted by Crippen LogP contribution is 2.39. The lowest BCUT2D eigenvalue weighted by Gasteiger charge is -2.47. The van der Waals surface area contributed by atoms with Crippen molar-refractivity contribution in [3.8, 4) is 11.5 Å². The highest BCUT2D eigenvalue weighted by molar-refractivity contribution is 6.86. The fourth-order valence-electron chi connectivity index (χ4n) is 4.01. The van der Waals surface area contributed by atoms with E-state index < -0.39 is 8.24 Å². The molecule has 2 heterocycles. The molecule has 8 nitrogen and oxygen atoms in total. The number of benzene rings is 2. The van der Waals surface area contributed by atoms with Gasteiger partial charge in [-0.15, -0.1) is 0 Å². The van der Waals surface area contributed by atoms with E-state index in [9.17, 15) is 0 Å². The maximum Gasteiger partial charge on any atom is 0.502 e. The molecule has 0 bridgehead atoms. The van der Waals surface area contributed by atoms with Crippen LogP contribution in [-0.2, 0) is 0 Å². The molecule has 0 unspecified atom stereocenters. The topological polar surface area (TPSA) is 158 Å². The number of hydrogen-bond acceptors (Lipinski definition) is 6. The van der Waals surface area contributed by atoms with E-state index in [1.54, 1.807) is 0 Å². The minimum atomic E-state index is -1.65. The predicted octanol–water partition coefficient (Wildman–Crippen LogP) is 3.51. The smallest absolute Gasteiger partial charge is 0.502 e. The van der Waals surface area contributed by atoms with Gasteiger partial charge in [-0.25, -0.2) is 0 Å². The van der Waals surface area contributed by atoms with Crippen molar-refractivity contribution in [1.82, 2.24) is 21.7 Å². The van der Waals surface area contributed by atoms with Crippen LogP contribution in [-0.4, -0.2) is 90.4 Å². The molecule has 4 rings (SSSR count). The van der Waals surface area contributed by atoms with E-state index in [2.05, 4.69) is 74.6 Å². The standard InChI is InChI=1S/C16H24BNOSi.C11H16BNO.CH4.2B.2H3N.2H2O.H4Si/c1-16(2,3)20(4,5)18-14-10-9-13-17(18)19-15-11-7-6-8-12-15;1-13-9-5-8-12(10-13)14-11-6-3-2-4-7-11;;;;;;;;/h6-14H,1-5H3;2-4,6-7H,5,8-10H2,1H3;1H4;;;2*1H3;2*1H2;1H4. The Hall–Kier alpha value is -2.19. The summed E-state index contributed by atoms with van der Waals surface area (Å²) in [5, 5.41) is 0.279. The Labute approximate surface area is 267 Å². The number of hydrogen-bond donors (Lipinski definition) is 2. The molecule has 0 aromatic heterocycles. The summed E-state index contributed by atoms with van der Waals surface area (Å²) in [5.74, 6) is 4.04. The van der Waals surface area contributed by atoms with E-state index in [1.807, 2.05) is 60.7 Å². The van der Waals surface area contributed by atoms with Crippen LogP contribution in [0.3, 0.4) is 0 Å². The van der Waals surface area contributed by atoms with Gasteiger partial charge in [0.15, 0.2) is 0 Å². The molecule has 234 valence electrons. The molecule has 1 saturated heterocycles. The Bertz CT molecular complexity index is 960. The van der Waals surface area contributed by atoms with Gasteiger partial charge in [0.25, 0.3) is 0 Å². The van der Waals surface area contributed by atoms with Gasteiger partial charge in [0.2, 0.25) is 0 Å². The molecule has 14 heteroatoms. The van der Waals surface area contributed by atoms with Gasteiger partial charge in [-0.1, -0.05) is 83.8 Å². The van der Waals surface area contributed by atoms with Crippen molar-refractivity contribution in [3.05, 3.63) is 85.0 Å². The van der Waals surface area contributed by atoms with Crippen molar-refractivity contribution >= 4 is 50.0 Å². The van der Waals surface area contributed by atoms with Crippen molar-refractivity contribution in [2.75, 3.05) is 20.0 Å². The van der Waals surface area contributed by atoms with Crippen LogP contribution in [0.5, 0.6) is 11.5 Å². The summed E-state index contributed by atoms with van der Waals surface area (Å²) in [5.41, 5.74) is 0. The van der Waals surface area contributed by atoms with Crippen molar-refractivity contribution in [2.45, 2.75) is 59.1 Å². The maximum atomic E-state index is 6.17. The van der Waals surface area contributed by atoms with Crippen LogP contribution in [0.15, 0.2) is 85.0 Å². The fraction of sp³-hybridized carbons (Fsp3) is 0.429. The first-order chi connectivity index (χ1) is 16.2. The maximum absolute atomic E-state index is 6.17. The van der Waals surface area contributed by atoms with Crippen molar-refractivity contribution in [1.29, 1.82) is 0 Å². The lowest BCUT2D eigenvalue weighted by Crippen LogP contribution is -2.60. The first-order valence-corrected chi connectivity index (χ1v) is 15.4. The molecule has 0 amide bonds. The number of nitrogens with zero attached hydrogens (tertiary/aromatic N) is 2. The second-order valence-electron chi connectivity index (χ2n) is 10.7. The molecule has 0 spiro atoms. The molecule has 2 aliphatic rings. The summed E-state index contributed by atoms with van der Waals surface area (Å²) in [6, 6.07) is 20.1. The molecule has 6 radical (unpaired) electrons. The molecule has 42 heavy (non-hydrogen) atoms. The van der Waals surface area contributed by atoms with E-state index in [-0.39, 0.29) is 70.6 Å². The van der Waals surface area contributed by atoms with Crippen molar-refractivity contribution in [2.24, 2.45) is 0 Å². The zero-order valence-electron chi connectivity index (χ0n) is 25.3. The minimum Gasteiger partial charge on any atom is -0.559 e. The zero-order valence-corrected chi connectivity index (χ0v) is 26.3. The van der Waals surface area contributed by atoms with Gasteiger partial charge in [0.1, 0.15) is 14.0 Å². The van der Waals surface area contributed by atoms with E-state index in [4.69, 9.17) is 9.31 Å². The number of para-hydroxylation sites is 2. The summed E-state index contributed by atoms with van der Waals surface area (Å²) in [7, 11) is 0.492. The molecule has 2 aliphatic heterocycles. The van der Waals surface area contributed by atoms with Gasteiger partial charge in [-0.05, 0) is 84.9 Å². The van der Waals surface area contributed by atoms with E-state index >= 15 is 0 Å². The first-order valence-electron chi connectivity index (χ1n) is 12.4. The van der Waals surface area contributed by atoms with Gasteiger partial charge in [0, 0.05) is 23.3 Å². The van der Waals surface area contributed by atoms with Crippen LogP contribution in [0.4, 0.5) is 0 Å². The lowest BCUT2D eigenvalue weighted by atomic mass is 9.61. The third-order valence-corrected chi connectivity index (χ3v) is 12.4. The molecule has 0 saturated carbocycles. The van der Waals surface area contributed by atoms with Gasteiger partial charge in [-0.3, -0.25) is 0 Å². The molecule has 0 aliphatic carbocycles. The molecule has 2 aromatic carbocycles. The van der Waals surface area contributed by atoms with Crippen molar-refractivity contribution in [3.63, 3.8) is 0 Å². The molecule has 10 N–H and O–H groups in total. The SMILES string of the molecule is C.CC(C)(C)[Si](C)(C)N1C=CC=CB1Oc1ccccc1.CN1CCCB(Oc2ccccc2)C1.N.N.O.O.[B].[B].[SiH4]. The van der Waals surface area contributed by atoms with Gasteiger partial charge >= 0.3 is 14.0 Å². The summed E-state index contributed by atoms with van der Waals surface area (Å²) < 4.78 is 14.5. The summed E-state index contributed by atoms with van der Waals surface area (Å²) in [6.45, 7) is 13.3. The van der Waals surface area contributed by atoms with Crippen LogP contribution in [0.2, 0.25) is 24.5 Å². The minimum absolute atomic E-state index is 0. The second-order valence-corrected chi connectivity index (χ2v) is 15.9. The third kappa shape index (κ3) is 15.3. The molecule has 2 aromatic rings. The van der Waals surface area contributed by atoms with Crippen LogP contribution >= 0.6 is 0 Å². The third-order valence-electron chi connectivity index (χ3n) is 7.02. The Balaban J connectivity index is -0.000000134. The van der Waals surface area contributed by atoms with Crippen LogP contribution < -0.4 is 21.6 Å². The van der Waals surface area contributed by atoms with Gasteiger partial charge in [0.05, 0.1) is 5.75 Å². The Morgan fingerprint density at radius 2 is 1.29 bits per heavy atom. The highest BCUT2D eigenvalue weighted by Gasteiger charge is 2.45. The fourth-order valence-corrected chi connectivity index (χ4v) is 6.02. The zero-order chi connectivity index (χ0) is 24.6. The monoisotopic (exact) mass is 614 g/mol. The first kappa shape index (κ1) is 52.5. The van der Waals surface area contributed by atoms with Crippen LogP contribution in [0.1, 0.15) is 34.6 Å². The van der Waals surface area contributed by atoms with Crippen LogP contribution in [0, 0.1) is 0 Å².